The summed E-state index contributed by atoms with van der Waals surface area (Å²) in [6.45, 7) is 17.9. The Morgan fingerprint density at radius 1 is 0.756 bits per heavy atom. The molecule has 1 spiro atoms. The zero-order valence-electron chi connectivity index (χ0n) is 53.0. The Labute approximate surface area is 527 Å². The molecule has 0 aliphatic carbocycles. The quantitative estimate of drug-likeness (QED) is 0.0596. The fourth-order valence-electron chi connectivity index (χ4n) is 14.9. The summed E-state index contributed by atoms with van der Waals surface area (Å²) in [5.74, 6) is -3.40. The molecule has 6 amide bonds. The van der Waals surface area contributed by atoms with Gasteiger partial charge >= 0.3 is 12.1 Å². The van der Waals surface area contributed by atoms with Crippen molar-refractivity contribution in [2.45, 2.75) is 266 Å². The molecule has 21 atom stereocenters. The van der Waals surface area contributed by atoms with Crippen LogP contribution in [-0.2, 0) is 77.9 Å². The third-order valence-corrected chi connectivity index (χ3v) is 19.9. The van der Waals surface area contributed by atoms with Gasteiger partial charge in [0.25, 0.3) is 0 Å². The average Bonchev–Trinajstić information content (AvgIpc) is 1.55. The Morgan fingerprint density at radius 3 is 2.22 bits per heavy atom. The topological polar surface area (TPSA) is 318 Å². The van der Waals surface area contributed by atoms with Crippen LogP contribution in [0.25, 0.3) is 0 Å². The summed E-state index contributed by atoms with van der Waals surface area (Å²) >= 11 is 0. The Kier molecular flexibility index (Phi) is 22.3. The number of carbonyl (C=O) groups excluding carboxylic acids is 7. The van der Waals surface area contributed by atoms with E-state index in [4.69, 9.17) is 53.1 Å². The second-order valence-electron chi connectivity index (χ2n) is 27.2. The normalized spacial score (nSPS) is 35.6. The van der Waals surface area contributed by atoms with E-state index in [9.17, 15) is 38.7 Å². The summed E-state index contributed by atoms with van der Waals surface area (Å²) in [4.78, 5) is 91.2. The van der Waals surface area contributed by atoms with Gasteiger partial charge < -0.3 is 84.8 Å². The van der Waals surface area contributed by atoms with E-state index < -0.39 is 90.3 Å². The summed E-state index contributed by atoms with van der Waals surface area (Å²) in [5, 5.41) is 24.9. The Balaban J connectivity index is 0.743. The van der Waals surface area contributed by atoms with E-state index in [1.54, 1.807) is 59.1 Å². The van der Waals surface area contributed by atoms with Crippen LogP contribution in [-0.4, -0.2) is 182 Å². The van der Waals surface area contributed by atoms with Gasteiger partial charge in [0.05, 0.1) is 67.1 Å². The van der Waals surface area contributed by atoms with Crippen LogP contribution in [0.1, 0.15) is 149 Å². The van der Waals surface area contributed by atoms with Crippen LogP contribution < -0.4 is 32.3 Å². The number of ketones is 2. The smallest absolute Gasteiger partial charge is 0.407 e. The molecular weight excluding hydrogens is 1160 g/mol. The lowest BCUT2D eigenvalue weighted by Crippen LogP contribution is -2.61. The fraction of sp³-hybridized carbons (Fsp3) is 0.742. The first kappa shape index (κ1) is 67.5. The average molecular weight is 1260 g/mol. The number of urea groups is 1. The summed E-state index contributed by atoms with van der Waals surface area (Å²) in [7, 11) is 1.58. The first-order valence-electron chi connectivity index (χ1n) is 32.9. The third kappa shape index (κ3) is 16.3. The number of alkyl carbamates (subject to hydrolysis) is 1. The minimum absolute atomic E-state index is 0.00114. The van der Waals surface area contributed by atoms with Crippen molar-refractivity contribution in [2.75, 3.05) is 25.5 Å². The molecule has 12 bridgehead atoms. The van der Waals surface area contributed by atoms with Crippen LogP contribution in [0, 0.1) is 23.7 Å². The number of nitrogens with two attached hydrogens (primary N) is 1. The van der Waals surface area contributed by atoms with Crippen molar-refractivity contribution in [1.82, 2.24) is 21.3 Å². The number of nitrogens with one attached hydrogen (secondary N) is 5. The molecule has 24 nitrogen and oxygen atoms in total. The van der Waals surface area contributed by atoms with Crippen molar-refractivity contribution in [1.29, 1.82) is 0 Å². The highest BCUT2D eigenvalue weighted by atomic mass is 16.8. The first-order chi connectivity index (χ1) is 43.0. The van der Waals surface area contributed by atoms with Crippen LogP contribution in [0.2, 0.25) is 0 Å². The summed E-state index contributed by atoms with van der Waals surface area (Å²) in [5.41, 5.74) is 8.23. The number of fused-ring (bicyclic) bond motifs is 6. The molecule has 24 heteroatoms. The third-order valence-electron chi connectivity index (χ3n) is 19.9. The molecular formula is C66H96N6O18. The zero-order valence-corrected chi connectivity index (χ0v) is 53.0. The molecule has 10 heterocycles. The Hall–Kier alpha value is -5.41. The SMILES string of the molecule is C=C1C[C@@H]2CC[C@@]34C[C@H]5OC6[C@@H](O[C@H]7CC[C@H](CC(=O)C[C@@H]8[C@@H](OC)[C@@H](C[C@H](O)CNC(=O)OCc9ccc(NC(=O)[C@H](CCCNC(N)=O)NC(=O)[C@@H](NC(=O)CCC(=O)C(C)C)C(C)C)cc9)O[C@H]8C[C@H]8O[C@@H](CC[C@@H]1O2)C[C@@H](C)C8=C)O[C@@H]7[C@@H]6O3)[C@H]5O4. The van der Waals surface area contributed by atoms with E-state index in [2.05, 4.69) is 46.7 Å². The maximum Gasteiger partial charge on any atom is 0.407 e. The largest absolute Gasteiger partial charge is 0.445 e. The van der Waals surface area contributed by atoms with E-state index in [0.717, 1.165) is 43.3 Å². The van der Waals surface area contributed by atoms with Gasteiger partial charge in [0.1, 0.15) is 60.8 Å². The lowest BCUT2D eigenvalue weighted by Gasteiger charge is -2.47. The predicted octanol–water partition coefficient (Wildman–Crippen LogP) is 5.42. The lowest BCUT2D eigenvalue weighted by atomic mass is 9.81. The molecule has 0 saturated carbocycles. The van der Waals surface area contributed by atoms with Gasteiger partial charge in [-0.05, 0) is 98.5 Å². The number of anilines is 1. The second-order valence-corrected chi connectivity index (χ2v) is 27.2. The van der Waals surface area contributed by atoms with Crippen LogP contribution >= 0.6 is 0 Å². The van der Waals surface area contributed by atoms with Gasteiger partial charge in [-0.25, -0.2) is 9.59 Å². The molecule has 90 heavy (non-hydrogen) atoms. The Morgan fingerprint density at radius 2 is 1.48 bits per heavy atom. The number of hydrogen-bond acceptors (Lipinski definition) is 18. The van der Waals surface area contributed by atoms with E-state index in [1.807, 2.05) is 0 Å². The molecule has 0 radical (unpaired) electrons. The van der Waals surface area contributed by atoms with Crippen LogP contribution in [0.15, 0.2) is 48.6 Å². The van der Waals surface area contributed by atoms with Gasteiger partial charge in [-0.2, -0.15) is 0 Å². The van der Waals surface area contributed by atoms with E-state index in [0.29, 0.717) is 43.4 Å². The Bertz CT molecular complexity index is 2770. The highest BCUT2D eigenvalue weighted by molar-refractivity contribution is 5.98. The summed E-state index contributed by atoms with van der Waals surface area (Å²) in [6.07, 6.45) is 0.977. The number of aliphatic hydroxyl groups excluding tert-OH is 1. The number of Topliss-reactive ketones (excluding diaryl/α,β-unsaturated/α-hetero) is 2. The lowest BCUT2D eigenvalue weighted by molar-refractivity contribution is -0.292. The van der Waals surface area contributed by atoms with Gasteiger partial charge in [0, 0.05) is 89.1 Å². The molecule has 10 aliphatic heterocycles. The number of aliphatic hydroxyl groups is 1. The highest BCUT2D eigenvalue weighted by Crippen LogP contribution is 2.54. The fourth-order valence-corrected chi connectivity index (χ4v) is 14.9. The predicted molar refractivity (Wildman–Crippen MR) is 325 cm³/mol. The second kappa shape index (κ2) is 29.7. The monoisotopic (exact) mass is 1260 g/mol. The molecule has 1 unspecified atom stereocenters. The summed E-state index contributed by atoms with van der Waals surface area (Å²) in [6, 6.07) is 3.69. The molecule has 0 aromatic heterocycles. The van der Waals surface area contributed by atoms with E-state index >= 15 is 0 Å². The molecule has 498 valence electrons. The number of benzene rings is 1. The van der Waals surface area contributed by atoms with Crippen molar-refractivity contribution < 1.29 is 86.0 Å². The minimum atomic E-state index is -1.09. The number of methoxy groups -OCH3 is 1. The number of carbonyl (C=O) groups is 7. The molecule has 10 fully saturated rings. The first-order valence-corrected chi connectivity index (χ1v) is 32.9. The standard InChI is InChI=1S/C66H96N6O18/c1-33(2)47(75)17-20-54(76)72-55(34(3)4)63(78)71-46(10-9-23-68-64(67)79)62(77)70-39-13-11-38(12-14-39)32-82-65(80)69-31-41(74)28-52-56(81-8)45-27-40(73)26-43-16-19-49-57(85-43)61-60-59(87-49)58-53(88-60)30-66(89-58,90-61)22-21-44-25-36(6)48(83-44)18-15-42-24-35(5)37(7)50(84-42)29-51(45)86-52/h11-14,33-35,41-46,48-53,55-61,74H,6-7,9-10,15-32H2,1-5,8H3,(H,69,80)(H,70,77)(H,71,78)(H,72,76)(H3,67,68,79)/t35-,41+,42+,43-,44+,45+,46+,48+,49+,50-,51+,52-,53-,55+,56-,57+,58+,59+,60?,61+,66+/m1/s1. The van der Waals surface area contributed by atoms with Gasteiger partial charge in [-0.1, -0.05) is 59.9 Å². The van der Waals surface area contributed by atoms with Gasteiger partial charge in [-0.15, -0.1) is 0 Å². The molecule has 11 rings (SSSR count). The van der Waals surface area contributed by atoms with E-state index in [-0.39, 0.29) is 155 Å². The maximum absolute atomic E-state index is 14.5. The maximum atomic E-state index is 14.5. The molecule has 8 N–H and O–H groups in total. The minimum Gasteiger partial charge on any atom is -0.445 e. The van der Waals surface area contributed by atoms with Crippen molar-refractivity contribution in [3.05, 3.63) is 54.1 Å². The number of amides is 6. The zero-order chi connectivity index (χ0) is 64.1. The molecule has 10 saturated heterocycles. The highest BCUT2D eigenvalue weighted by Gasteiger charge is 2.69. The van der Waals surface area contributed by atoms with Crippen LogP contribution in [0.3, 0.4) is 0 Å². The van der Waals surface area contributed by atoms with Crippen molar-refractivity contribution in [3.63, 3.8) is 0 Å². The number of rotatable bonds is 21. The molecule has 1 aromatic carbocycles. The van der Waals surface area contributed by atoms with Gasteiger partial charge in [-0.3, -0.25) is 24.0 Å². The van der Waals surface area contributed by atoms with Crippen molar-refractivity contribution >= 4 is 47.1 Å². The molecule has 1 aromatic rings. The van der Waals surface area contributed by atoms with E-state index in [1.165, 1.54) is 0 Å². The number of primary amides is 1. The number of hydrogen-bond donors (Lipinski definition) is 7. The summed E-state index contributed by atoms with van der Waals surface area (Å²) < 4.78 is 66.3. The van der Waals surface area contributed by atoms with Crippen molar-refractivity contribution in [2.24, 2.45) is 29.4 Å². The number of ether oxygens (including phenoxy) is 10. The van der Waals surface area contributed by atoms with Gasteiger partial charge in [0.2, 0.25) is 17.7 Å². The molecule has 10 aliphatic rings. The van der Waals surface area contributed by atoms with Crippen molar-refractivity contribution in [3.8, 4) is 0 Å². The van der Waals surface area contributed by atoms with Gasteiger partial charge in [0.15, 0.2) is 5.79 Å². The van der Waals surface area contributed by atoms with Crippen LogP contribution in [0.4, 0.5) is 15.3 Å². The van der Waals surface area contributed by atoms with Crippen LogP contribution in [0.5, 0.6) is 0 Å².